The average Bonchev–Trinajstić information content (AvgIpc) is 2.74. The molecular formula is C12H11F3N2O. The van der Waals surface area contributed by atoms with Gasteiger partial charge in [-0.2, -0.15) is 18.3 Å². The van der Waals surface area contributed by atoms with Crippen LogP contribution in [0, 0.1) is 0 Å². The number of aryl methyl sites for hydroxylation is 1. The van der Waals surface area contributed by atoms with Gasteiger partial charge in [0.2, 0.25) is 0 Å². The first-order valence-corrected chi connectivity index (χ1v) is 5.22. The van der Waals surface area contributed by atoms with E-state index in [9.17, 15) is 13.2 Å². The van der Waals surface area contributed by atoms with Crippen molar-refractivity contribution in [3.63, 3.8) is 0 Å². The van der Waals surface area contributed by atoms with E-state index in [4.69, 9.17) is 5.11 Å². The van der Waals surface area contributed by atoms with Crippen LogP contribution in [0.4, 0.5) is 13.2 Å². The van der Waals surface area contributed by atoms with E-state index in [-0.39, 0.29) is 11.1 Å². The Balaban J connectivity index is 2.60. The lowest BCUT2D eigenvalue weighted by Crippen LogP contribution is -2.08. The van der Waals surface area contributed by atoms with Crippen molar-refractivity contribution in [1.29, 1.82) is 0 Å². The molecule has 1 aromatic carbocycles. The lowest BCUT2D eigenvalue weighted by Gasteiger charge is -2.13. The van der Waals surface area contributed by atoms with Crippen molar-refractivity contribution < 1.29 is 18.3 Å². The molecule has 0 atom stereocenters. The molecule has 1 N–H and O–H groups in total. The zero-order valence-electron chi connectivity index (χ0n) is 9.57. The van der Waals surface area contributed by atoms with E-state index in [1.807, 2.05) is 0 Å². The van der Waals surface area contributed by atoms with Crippen molar-refractivity contribution in [3.8, 4) is 11.1 Å². The predicted octanol–water partition coefficient (Wildman–Crippen LogP) is 2.60. The van der Waals surface area contributed by atoms with Gasteiger partial charge in [-0.15, -0.1) is 0 Å². The Bertz CT molecular complexity index is 561. The molecule has 0 bridgehead atoms. The molecule has 0 radical (unpaired) electrons. The van der Waals surface area contributed by atoms with Crippen LogP contribution in [0.3, 0.4) is 0 Å². The lowest BCUT2D eigenvalue weighted by atomic mass is 9.99. The predicted molar refractivity (Wildman–Crippen MR) is 59.6 cm³/mol. The molecule has 18 heavy (non-hydrogen) atoms. The molecule has 2 rings (SSSR count). The van der Waals surface area contributed by atoms with Gasteiger partial charge in [-0.25, -0.2) is 0 Å². The van der Waals surface area contributed by atoms with E-state index in [0.29, 0.717) is 5.56 Å². The number of aromatic nitrogens is 2. The van der Waals surface area contributed by atoms with Gasteiger partial charge in [0.1, 0.15) is 0 Å². The molecular weight excluding hydrogens is 245 g/mol. The van der Waals surface area contributed by atoms with Gasteiger partial charge in [-0.05, 0) is 17.2 Å². The summed E-state index contributed by atoms with van der Waals surface area (Å²) >= 11 is 0. The van der Waals surface area contributed by atoms with Gasteiger partial charge in [0.05, 0.1) is 18.4 Å². The molecule has 0 unspecified atom stereocenters. The van der Waals surface area contributed by atoms with Crippen LogP contribution in [0.5, 0.6) is 0 Å². The fraction of sp³-hybridized carbons (Fsp3) is 0.250. The van der Waals surface area contributed by atoms with Crippen molar-refractivity contribution in [2.45, 2.75) is 12.8 Å². The average molecular weight is 256 g/mol. The highest BCUT2D eigenvalue weighted by molar-refractivity contribution is 5.67. The van der Waals surface area contributed by atoms with E-state index in [0.717, 1.165) is 6.07 Å². The molecule has 0 saturated heterocycles. The molecule has 0 aliphatic rings. The number of aliphatic hydroxyl groups is 1. The molecule has 3 nitrogen and oxygen atoms in total. The molecule has 0 fully saturated rings. The monoisotopic (exact) mass is 256 g/mol. The Morgan fingerprint density at radius 1 is 1.33 bits per heavy atom. The largest absolute Gasteiger partial charge is 0.417 e. The fourth-order valence-corrected chi connectivity index (χ4v) is 1.74. The Labute approximate surface area is 101 Å². The van der Waals surface area contributed by atoms with Crippen LogP contribution in [0.25, 0.3) is 11.1 Å². The van der Waals surface area contributed by atoms with Gasteiger partial charge in [0, 0.05) is 18.8 Å². The summed E-state index contributed by atoms with van der Waals surface area (Å²) in [5.74, 6) is 0. The third-order valence-electron chi connectivity index (χ3n) is 2.59. The summed E-state index contributed by atoms with van der Waals surface area (Å²) in [5.41, 5.74) is -0.0702. The summed E-state index contributed by atoms with van der Waals surface area (Å²) in [7, 11) is 1.64. The number of halogens is 3. The highest BCUT2D eigenvalue weighted by Gasteiger charge is 2.34. The Morgan fingerprint density at radius 3 is 2.56 bits per heavy atom. The number of alkyl halides is 3. The molecule has 1 aromatic heterocycles. The van der Waals surface area contributed by atoms with Gasteiger partial charge >= 0.3 is 6.18 Å². The minimum absolute atomic E-state index is 0.0628. The van der Waals surface area contributed by atoms with Crippen molar-refractivity contribution >= 4 is 0 Å². The molecule has 6 heteroatoms. The van der Waals surface area contributed by atoms with Gasteiger partial charge in [-0.3, -0.25) is 4.68 Å². The van der Waals surface area contributed by atoms with Crippen LogP contribution in [0.2, 0.25) is 0 Å². The van der Waals surface area contributed by atoms with Gasteiger partial charge < -0.3 is 5.11 Å². The summed E-state index contributed by atoms with van der Waals surface area (Å²) in [6, 6.07) is 3.78. The minimum atomic E-state index is -4.46. The molecule has 0 amide bonds. The summed E-state index contributed by atoms with van der Waals surface area (Å²) in [6.07, 6.45) is -1.57. The third-order valence-corrected chi connectivity index (χ3v) is 2.59. The van der Waals surface area contributed by atoms with Crippen LogP contribution in [-0.2, 0) is 19.8 Å². The second-order valence-electron chi connectivity index (χ2n) is 3.94. The summed E-state index contributed by atoms with van der Waals surface area (Å²) in [5, 5.41) is 12.8. The maximum absolute atomic E-state index is 12.9. The summed E-state index contributed by atoms with van der Waals surface area (Å²) in [6.45, 7) is -0.420. The highest BCUT2D eigenvalue weighted by atomic mass is 19.4. The van der Waals surface area contributed by atoms with Crippen LogP contribution in [0.1, 0.15) is 11.1 Å². The quantitative estimate of drug-likeness (QED) is 0.896. The van der Waals surface area contributed by atoms with Gasteiger partial charge in [-0.1, -0.05) is 12.1 Å². The first-order valence-electron chi connectivity index (χ1n) is 5.22. The first-order chi connectivity index (χ1) is 8.41. The molecule has 0 spiro atoms. The van der Waals surface area contributed by atoms with Crippen LogP contribution >= 0.6 is 0 Å². The lowest BCUT2D eigenvalue weighted by molar-refractivity contribution is -0.137. The van der Waals surface area contributed by atoms with Crippen LogP contribution in [-0.4, -0.2) is 14.9 Å². The smallest absolute Gasteiger partial charge is 0.392 e. The maximum Gasteiger partial charge on any atom is 0.417 e. The summed E-state index contributed by atoms with van der Waals surface area (Å²) < 4.78 is 40.3. The molecule has 0 aliphatic heterocycles. The first kappa shape index (κ1) is 12.6. The van der Waals surface area contributed by atoms with Crippen molar-refractivity contribution in [2.75, 3.05) is 0 Å². The van der Waals surface area contributed by atoms with E-state index < -0.39 is 18.3 Å². The van der Waals surface area contributed by atoms with Gasteiger partial charge in [0.15, 0.2) is 0 Å². The standard InChI is InChI=1S/C12H11F3N2O/c1-17-6-9(5-16-17)10-3-2-8(7-18)4-11(10)12(13,14)15/h2-6,18H,7H2,1H3. The number of benzene rings is 1. The highest BCUT2D eigenvalue weighted by Crippen LogP contribution is 2.37. The molecule has 2 aromatic rings. The summed E-state index contributed by atoms with van der Waals surface area (Å²) in [4.78, 5) is 0. The van der Waals surface area contributed by atoms with Crippen molar-refractivity contribution in [3.05, 3.63) is 41.7 Å². The molecule has 0 aliphatic carbocycles. The number of nitrogens with zero attached hydrogens (tertiary/aromatic N) is 2. The zero-order valence-corrected chi connectivity index (χ0v) is 9.57. The van der Waals surface area contributed by atoms with E-state index in [1.165, 1.54) is 29.2 Å². The van der Waals surface area contributed by atoms with Crippen LogP contribution in [0.15, 0.2) is 30.6 Å². The number of aliphatic hydroxyl groups excluding tert-OH is 1. The Kier molecular flexibility index (Phi) is 3.13. The maximum atomic E-state index is 12.9. The minimum Gasteiger partial charge on any atom is -0.392 e. The number of hydrogen-bond donors (Lipinski definition) is 1. The Hall–Kier alpha value is -1.82. The third kappa shape index (κ3) is 2.38. The second kappa shape index (κ2) is 4.45. The Morgan fingerprint density at radius 2 is 2.06 bits per heavy atom. The van der Waals surface area contributed by atoms with E-state index in [2.05, 4.69) is 5.10 Å². The van der Waals surface area contributed by atoms with Crippen LogP contribution < -0.4 is 0 Å². The zero-order chi connectivity index (χ0) is 13.3. The molecule has 96 valence electrons. The molecule has 0 saturated carbocycles. The second-order valence-corrected chi connectivity index (χ2v) is 3.94. The number of rotatable bonds is 2. The fourth-order valence-electron chi connectivity index (χ4n) is 1.74. The van der Waals surface area contributed by atoms with Crippen molar-refractivity contribution in [2.24, 2.45) is 7.05 Å². The number of hydrogen-bond acceptors (Lipinski definition) is 2. The van der Waals surface area contributed by atoms with Crippen molar-refractivity contribution in [1.82, 2.24) is 9.78 Å². The van der Waals surface area contributed by atoms with Gasteiger partial charge in [0.25, 0.3) is 0 Å². The topological polar surface area (TPSA) is 38.0 Å². The van der Waals surface area contributed by atoms with E-state index >= 15 is 0 Å². The molecule has 1 heterocycles. The van der Waals surface area contributed by atoms with E-state index in [1.54, 1.807) is 7.05 Å². The SMILES string of the molecule is Cn1cc(-c2ccc(CO)cc2C(F)(F)F)cn1. The normalized spacial score (nSPS) is 11.8.